The molecule has 2 rings (SSSR count). The number of aromatic hydroxyl groups is 1. The van der Waals surface area contributed by atoms with Crippen LogP contribution >= 0.6 is 15.9 Å². The second-order valence-electron chi connectivity index (χ2n) is 5.75. The van der Waals surface area contributed by atoms with Crippen LogP contribution in [0.25, 0.3) is 0 Å². The number of halogens is 1. The van der Waals surface area contributed by atoms with E-state index in [0.717, 1.165) is 24.6 Å². The van der Waals surface area contributed by atoms with Crippen molar-refractivity contribution in [1.29, 1.82) is 0 Å². The van der Waals surface area contributed by atoms with Gasteiger partial charge in [0.15, 0.2) is 11.5 Å². The minimum absolute atomic E-state index is 0.159. The monoisotopic (exact) mass is 327 g/mol. The highest BCUT2D eigenvalue weighted by atomic mass is 79.9. The van der Waals surface area contributed by atoms with Gasteiger partial charge in [-0.2, -0.15) is 0 Å². The summed E-state index contributed by atoms with van der Waals surface area (Å²) in [5, 5.41) is 13.3. The van der Waals surface area contributed by atoms with E-state index in [1.807, 2.05) is 12.1 Å². The van der Waals surface area contributed by atoms with E-state index in [1.54, 1.807) is 7.11 Å². The van der Waals surface area contributed by atoms with Gasteiger partial charge in [-0.25, -0.2) is 0 Å². The van der Waals surface area contributed by atoms with Crippen molar-refractivity contribution in [3.63, 3.8) is 0 Å². The first-order valence-electron chi connectivity index (χ1n) is 6.74. The Balaban J connectivity index is 1.95. The zero-order chi connectivity index (χ0) is 14.0. The topological polar surface area (TPSA) is 41.5 Å². The predicted octanol–water partition coefficient (Wildman–Crippen LogP) is 3.69. The minimum atomic E-state index is 0.159. The summed E-state index contributed by atoms with van der Waals surface area (Å²) in [6.07, 6.45) is 2.67. The van der Waals surface area contributed by atoms with Gasteiger partial charge in [-0.15, -0.1) is 0 Å². The van der Waals surface area contributed by atoms with Crippen LogP contribution in [-0.4, -0.2) is 18.8 Å². The molecule has 0 spiro atoms. The molecule has 0 atom stereocenters. The summed E-state index contributed by atoms with van der Waals surface area (Å²) < 4.78 is 5.83. The van der Waals surface area contributed by atoms with Crippen LogP contribution in [0.2, 0.25) is 0 Å². The number of phenolic OH excluding ortho intramolecular Hbond substituents is 1. The minimum Gasteiger partial charge on any atom is -0.503 e. The molecule has 0 unspecified atom stereocenters. The van der Waals surface area contributed by atoms with Crippen molar-refractivity contribution in [1.82, 2.24) is 5.32 Å². The third-order valence-corrected chi connectivity index (χ3v) is 4.84. The van der Waals surface area contributed by atoms with Gasteiger partial charge in [-0.1, -0.05) is 13.8 Å². The number of benzene rings is 1. The molecular formula is C15H22BrNO2. The Morgan fingerprint density at radius 2 is 2.11 bits per heavy atom. The Morgan fingerprint density at radius 3 is 2.63 bits per heavy atom. The van der Waals surface area contributed by atoms with Crippen LogP contribution in [0.4, 0.5) is 0 Å². The fourth-order valence-electron chi connectivity index (χ4n) is 2.46. The molecule has 1 fully saturated rings. The third-order valence-electron chi connectivity index (χ3n) is 4.23. The Kier molecular flexibility index (Phi) is 4.41. The van der Waals surface area contributed by atoms with Gasteiger partial charge >= 0.3 is 0 Å². The molecule has 1 saturated carbocycles. The van der Waals surface area contributed by atoms with Crippen molar-refractivity contribution in [2.24, 2.45) is 11.3 Å². The number of nitrogens with one attached hydrogen (secondary N) is 1. The van der Waals surface area contributed by atoms with Gasteiger partial charge in [0.1, 0.15) is 0 Å². The number of ether oxygens (including phenoxy) is 1. The average molecular weight is 328 g/mol. The lowest BCUT2D eigenvalue weighted by molar-refractivity contribution is 0.337. The smallest absolute Gasteiger partial charge is 0.172 e. The summed E-state index contributed by atoms with van der Waals surface area (Å²) in [5.41, 5.74) is 1.62. The van der Waals surface area contributed by atoms with Gasteiger partial charge in [0, 0.05) is 13.1 Å². The normalized spacial score (nSPS) is 16.7. The van der Waals surface area contributed by atoms with Crippen molar-refractivity contribution < 1.29 is 9.84 Å². The maximum atomic E-state index is 9.77. The van der Waals surface area contributed by atoms with E-state index in [4.69, 9.17) is 4.74 Å². The predicted molar refractivity (Wildman–Crippen MR) is 80.6 cm³/mol. The average Bonchev–Trinajstić information content (AvgIpc) is 3.14. The molecule has 0 amide bonds. The van der Waals surface area contributed by atoms with Gasteiger partial charge < -0.3 is 15.2 Å². The highest BCUT2D eigenvalue weighted by Gasteiger charge is 2.44. The van der Waals surface area contributed by atoms with Crippen LogP contribution < -0.4 is 10.1 Å². The standard InChI is InChI=1S/C15H22BrNO2/c1-10(2)15(4-5-15)9-17-8-11-6-12(16)14(18)13(7-11)19-3/h6-7,10,17-18H,4-5,8-9H2,1-3H3. The summed E-state index contributed by atoms with van der Waals surface area (Å²) in [4.78, 5) is 0. The van der Waals surface area contributed by atoms with Crippen molar-refractivity contribution in [2.75, 3.05) is 13.7 Å². The Morgan fingerprint density at radius 1 is 1.42 bits per heavy atom. The second-order valence-corrected chi connectivity index (χ2v) is 6.60. The summed E-state index contributed by atoms with van der Waals surface area (Å²) >= 11 is 3.35. The summed E-state index contributed by atoms with van der Waals surface area (Å²) in [6, 6.07) is 3.81. The van der Waals surface area contributed by atoms with Crippen LogP contribution in [0, 0.1) is 11.3 Å². The summed E-state index contributed by atoms with van der Waals surface area (Å²) in [7, 11) is 1.57. The number of rotatable bonds is 6. The lowest BCUT2D eigenvalue weighted by Gasteiger charge is -2.20. The number of hydrogen-bond donors (Lipinski definition) is 2. The molecule has 1 aromatic carbocycles. The number of phenols is 1. The Labute approximate surface area is 123 Å². The van der Waals surface area contributed by atoms with Crippen molar-refractivity contribution in [3.8, 4) is 11.5 Å². The van der Waals surface area contributed by atoms with Crippen molar-refractivity contribution >= 4 is 15.9 Å². The molecule has 2 N–H and O–H groups in total. The fourth-order valence-corrected chi connectivity index (χ4v) is 2.95. The molecule has 0 heterocycles. The fraction of sp³-hybridized carbons (Fsp3) is 0.600. The van der Waals surface area contributed by atoms with Gasteiger partial charge in [0.2, 0.25) is 0 Å². The van der Waals surface area contributed by atoms with E-state index in [1.165, 1.54) is 12.8 Å². The van der Waals surface area contributed by atoms with E-state index in [-0.39, 0.29) is 5.75 Å². The SMILES string of the molecule is COc1cc(CNCC2(C(C)C)CC2)cc(Br)c1O. The van der Waals surface area contributed by atoms with Crippen LogP contribution in [0.3, 0.4) is 0 Å². The van der Waals surface area contributed by atoms with Gasteiger partial charge in [0.25, 0.3) is 0 Å². The van der Waals surface area contributed by atoms with Gasteiger partial charge in [-0.3, -0.25) is 0 Å². The van der Waals surface area contributed by atoms with Gasteiger partial charge in [0.05, 0.1) is 11.6 Å². The second kappa shape index (κ2) is 5.71. The molecule has 4 heteroatoms. The highest BCUT2D eigenvalue weighted by Crippen LogP contribution is 2.51. The Bertz CT molecular complexity index is 456. The lowest BCUT2D eigenvalue weighted by atomic mass is 9.92. The van der Waals surface area contributed by atoms with E-state index in [2.05, 4.69) is 35.1 Å². The van der Waals surface area contributed by atoms with Crippen LogP contribution in [0.5, 0.6) is 11.5 Å². The van der Waals surface area contributed by atoms with Crippen LogP contribution in [-0.2, 0) is 6.54 Å². The molecule has 1 aliphatic carbocycles. The molecule has 1 aromatic rings. The molecule has 0 aliphatic heterocycles. The maximum absolute atomic E-state index is 9.77. The van der Waals surface area contributed by atoms with E-state index in [9.17, 15) is 5.11 Å². The third kappa shape index (κ3) is 3.23. The van der Waals surface area contributed by atoms with Gasteiger partial charge in [-0.05, 0) is 57.8 Å². The molecule has 0 aromatic heterocycles. The maximum Gasteiger partial charge on any atom is 0.172 e. The zero-order valence-electron chi connectivity index (χ0n) is 11.8. The molecule has 1 aliphatic rings. The largest absolute Gasteiger partial charge is 0.503 e. The van der Waals surface area contributed by atoms with E-state index < -0.39 is 0 Å². The van der Waals surface area contributed by atoms with E-state index >= 15 is 0 Å². The molecule has 19 heavy (non-hydrogen) atoms. The molecule has 3 nitrogen and oxygen atoms in total. The zero-order valence-corrected chi connectivity index (χ0v) is 13.4. The molecule has 106 valence electrons. The molecular weight excluding hydrogens is 306 g/mol. The summed E-state index contributed by atoms with van der Waals surface area (Å²) in [5.74, 6) is 1.41. The first-order chi connectivity index (χ1) is 8.98. The van der Waals surface area contributed by atoms with Crippen LogP contribution in [0.15, 0.2) is 16.6 Å². The van der Waals surface area contributed by atoms with E-state index in [0.29, 0.717) is 15.6 Å². The molecule has 0 bridgehead atoms. The van der Waals surface area contributed by atoms with Crippen LogP contribution in [0.1, 0.15) is 32.3 Å². The van der Waals surface area contributed by atoms with Crippen molar-refractivity contribution in [3.05, 3.63) is 22.2 Å². The van der Waals surface area contributed by atoms with Crippen molar-refractivity contribution in [2.45, 2.75) is 33.2 Å². The number of methoxy groups -OCH3 is 1. The molecule has 0 saturated heterocycles. The molecule has 0 radical (unpaired) electrons. The lowest BCUT2D eigenvalue weighted by Crippen LogP contribution is -2.27. The first kappa shape index (κ1) is 14.7. The first-order valence-corrected chi connectivity index (χ1v) is 7.54. The quantitative estimate of drug-likeness (QED) is 0.837. The summed E-state index contributed by atoms with van der Waals surface area (Å²) in [6.45, 7) is 6.46. The number of hydrogen-bond acceptors (Lipinski definition) is 3. The highest BCUT2D eigenvalue weighted by molar-refractivity contribution is 9.10. The Hall–Kier alpha value is -0.740.